The fourth-order valence-electron chi connectivity index (χ4n) is 4.48. The molecule has 6 unspecified atom stereocenters. The Labute approximate surface area is 242 Å². The molecule has 234 valence electrons. The number of phenols is 1. The Morgan fingerprint density at radius 3 is 2.05 bits per heavy atom. The van der Waals surface area contributed by atoms with E-state index in [1.807, 2.05) is 0 Å². The van der Waals surface area contributed by atoms with Crippen LogP contribution in [0.5, 0.6) is 5.75 Å². The molecule has 2 aromatic rings. The monoisotopic (exact) mass is 615 g/mol. The van der Waals surface area contributed by atoms with E-state index >= 15 is 0 Å². The number of halogens is 5. The van der Waals surface area contributed by atoms with Crippen LogP contribution in [0.4, 0.5) is 22.0 Å². The molecule has 15 heteroatoms. The second-order valence-corrected chi connectivity index (χ2v) is 10.5. The summed E-state index contributed by atoms with van der Waals surface area (Å²) in [5, 5.41) is 28.1. The molecule has 0 spiro atoms. The Morgan fingerprint density at radius 2 is 1.49 bits per heavy atom. The van der Waals surface area contributed by atoms with Gasteiger partial charge in [-0.15, -0.1) is 0 Å². The highest BCUT2D eigenvalue weighted by Gasteiger charge is 2.41. The number of para-hydroxylation sites is 1. The number of esters is 1. The van der Waals surface area contributed by atoms with Crippen LogP contribution in [0, 0.1) is 40.9 Å². The predicted octanol–water partition coefficient (Wildman–Crippen LogP) is 2.00. The van der Waals surface area contributed by atoms with E-state index in [-0.39, 0.29) is 5.56 Å². The van der Waals surface area contributed by atoms with E-state index in [1.54, 1.807) is 0 Å². The lowest BCUT2D eigenvalue weighted by molar-refractivity contribution is -0.166. The lowest BCUT2D eigenvalue weighted by atomic mass is 9.91. The molecule has 1 saturated heterocycles. The van der Waals surface area contributed by atoms with Gasteiger partial charge in [-0.2, -0.15) is 0 Å². The molecule has 3 amide bonds. The molecule has 0 aliphatic carbocycles. The third-order valence-electron chi connectivity index (χ3n) is 7.04. The molecule has 1 aliphatic heterocycles. The molecule has 1 aliphatic rings. The number of ether oxygens (including phenoxy) is 1. The van der Waals surface area contributed by atoms with E-state index in [0.29, 0.717) is 0 Å². The third kappa shape index (κ3) is 7.04. The van der Waals surface area contributed by atoms with Gasteiger partial charge in [-0.05, 0) is 31.9 Å². The summed E-state index contributed by atoms with van der Waals surface area (Å²) in [5.41, 5.74) is -1.65. The number of hydrogen-bond donors (Lipinski definition) is 5. The molecule has 43 heavy (non-hydrogen) atoms. The van der Waals surface area contributed by atoms with Crippen molar-refractivity contribution in [3.05, 3.63) is 64.5 Å². The smallest absolute Gasteiger partial charge is 0.312 e. The van der Waals surface area contributed by atoms with E-state index in [0.717, 1.165) is 6.92 Å². The van der Waals surface area contributed by atoms with Crippen molar-refractivity contribution < 1.29 is 56.1 Å². The Bertz CT molecular complexity index is 1390. The second kappa shape index (κ2) is 13.4. The molecular weight excluding hydrogens is 585 g/mol. The molecule has 0 aromatic heterocycles. The minimum atomic E-state index is -2.42. The highest BCUT2D eigenvalue weighted by atomic mass is 19.2. The number of phenolic OH excluding ortho intramolecular Hbond substituents is 1. The molecular formula is C28H30F5N3O7. The van der Waals surface area contributed by atoms with Crippen molar-refractivity contribution in [1.29, 1.82) is 0 Å². The molecule has 10 nitrogen and oxygen atoms in total. The van der Waals surface area contributed by atoms with Crippen molar-refractivity contribution >= 4 is 23.7 Å². The molecule has 0 bridgehead atoms. The summed E-state index contributed by atoms with van der Waals surface area (Å²) in [5.74, 6) is -18.2. The average Bonchev–Trinajstić information content (AvgIpc) is 2.96. The Hall–Kier alpha value is -4.27. The lowest BCUT2D eigenvalue weighted by Gasteiger charge is -2.34. The zero-order chi connectivity index (χ0) is 32.3. The SMILES string of the molecule is CC(C)C1OC(=O)C(C)C(O)C(Cc2c(F)c(F)c(F)c(F)c2F)NC(=O)C(NC(=O)c2ccccc2O)C(C)NC1=O. The summed E-state index contributed by atoms with van der Waals surface area (Å²) < 4.78 is 76.0. The molecule has 0 saturated carbocycles. The molecule has 5 N–H and O–H groups in total. The highest BCUT2D eigenvalue weighted by molar-refractivity contribution is 6.00. The van der Waals surface area contributed by atoms with Crippen molar-refractivity contribution in [2.24, 2.45) is 11.8 Å². The van der Waals surface area contributed by atoms with E-state index in [9.17, 15) is 51.3 Å². The molecule has 1 fully saturated rings. The van der Waals surface area contributed by atoms with Crippen LogP contribution in [0.2, 0.25) is 0 Å². The number of amides is 3. The van der Waals surface area contributed by atoms with Crippen LogP contribution in [0.15, 0.2) is 24.3 Å². The molecule has 1 heterocycles. The summed E-state index contributed by atoms with van der Waals surface area (Å²) in [4.78, 5) is 52.4. The first-order chi connectivity index (χ1) is 20.1. The maximum absolute atomic E-state index is 14.6. The van der Waals surface area contributed by atoms with Gasteiger partial charge in [0.1, 0.15) is 11.8 Å². The normalized spacial score (nSPS) is 25.2. The van der Waals surface area contributed by atoms with E-state index < -0.39 is 113 Å². The summed E-state index contributed by atoms with van der Waals surface area (Å²) in [6, 6.07) is 0.421. The van der Waals surface area contributed by atoms with Gasteiger partial charge in [0, 0.05) is 12.0 Å². The van der Waals surface area contributed by atoms with E-state index in [2.05, 4.69) is 16.0 Å². The molecule has 2 aromatic carbocycles. The van der Waals surface area contributed by atoms with Gasteiger partial charge in [-0.25, -0.2) is 22.0 Å². The number of carbonyl (C=O) groups excluding carboxylic acids is 4. The van der Waals surface area contributed by atoms with Crippen molar-refractivity contribution in [2.45, 2.75) is 64.4 Å². The molecule has 0 radical (unpaired) electrons. The lowest BCUT2D eigenvalue weighted by Crippen LogP contribution is -2.62. The number of rotatable bonds is 5. The number of carbonyl (C=O) groups is 4. The van der Waals surface area contributed by atoms with Crippen LogP contribution < -0.4 is 16.0 Å². The van der Waals surface area contributed by atoms with Gasteiger partial charge in [-0.1, -0.05) is 26.0 Å². The maximum atomic E-state index is 14.6. The largest absolute Gasteiger partial charge is 0.507 e. The Kier molecular flexibility index (Phi) is 10.3. The van der Waals surface area contributed by atoms with Gasteiger partial charge in [0.15, 0.2) is 29.4 Å². The first-order valence-electron chi connectivity index (χ1n) is 13.1. The zero-order valence-corrected chi connectivity index (χ0v) is 23.4. The van der Waals surface area contributed by atoms with Crippen LogP contribution >= 0.6 is 0 Å². The van der Waals surface area contributed by atoms with Gasteiger partial charge in [-0.3, -0.25) is 19.2 Å². The summed E-state index contributed by atoms with van der Waals surface area (Å²) >= 11 is 0. The van der Waals surface area contributed by atoms with Crippen molar-refractivity contribution in [2.75, 3.05) is 0 Å². The van der Waals surface area contributed by atoms with Gasteiger partial charge in [0.2, 0.25) is 11.7 Å². The topological polar surface area (TPSA) is 154 Å². The number of aromatic hydroxyl groups is 1. The van der Waals surface area contributed by atoms with E-state index in [1.165, 1.54) is 45.0 Å². The molecule has 6 atom stereocenters. The van der Waals surface area contributed by atoms with Gasteiger partial charge < -0.3 is 30.9 Å². The third-order valence-corrected chi connectivity index (χ3v) is 7.04. The minimum absolute atomic E-state index is 0.263. The van der Waals surface area contributed by atoms with Gasteiger partial charge in [0.25, 0.3) is 11.8 Å². The minimum Gasteiger partial charge on any atom is -0.507 e. The number of cyclic esters (lactones) is 1. The average molecular weight is 616 g/mol. The number of benzene rings is 2. The van der Waals surface area contributed by atoms with E-state index in [4.69, 9.17) is 4.74 Å². The predicted molar refractivity (Wildman–Crippen MR) is 139 cm³/mol. The fourth-order valence-corrected chi connectivity index (χ4v) is 4.48. The summed E-state index contributed by atoms with van der Waals surface area (Å²) in [6.07, 6.45) is -4.69. The Morgan fingerprint density at radius 1 is 0.930 bits per heavy atom. The first kappa shape index (κ1) is 33.2. The van der Waals surface area contributed by atoms with Gasteiger partial charge in [0.05, 0.1) is 29.7 Å². The standard InChI is InChI=1S/C28H30F5N3O7/c1-10(2)24-27(41)34-12(4)22(36-25(39)13-7-5-6-8-16(13)37)26(40)35-15(23(38)11(3)28(42)43-24)9-14-17(29)19(31)21(33)20(32)18(14)30/h5-8,10-12,15,22-24,37-38H,9H2,1-4H3,(H,34,41)(H,35,40)(H,36,39). The maximum Gasteiger partial charge on any atom is 0.312 e. The number of aliphatic hydroxyl groups is 1. The Balaban J connectivity index is 2.10. The van der Waals surface area contributed by atoms with Crippen molar-refractivity contribution in [1.82, 2.24) is 16.0 Å². The van der Waals surface area contributed by atoms with Crippen LogP contribution in [0.1, 0.15) is 43.6 Å². The number of hydrogen-bond acceptors (Lipinski definition) is 7. The van der Waals surface area contributed by atoms with Gasteiger partial charge >= 0.3 is 5.97 Å². The van der Waals surface area contributed by atoms with Crippen LogP contribution in [-0.4, -0.2) is 64.2 Å². The van der Waals surface area contributed by atoms with Crippen LogP contribution in [-0.2, 0) is 25.5 Å². The van der Waals surface area contributed by atoms with Crippen LogP contribution in [0.25, 0.3) is 0 Å². The zero-order valence-electron chi connectivity index (χ0n) is 23.4. The number of nitrogens with one attached hydrogen (secondary N) is 3. The summed E-state index contributed by atoms with van der Waals surface area (Å²) in [6.45, 7) is 5.46. The van der Waals surface area contributed by atoms with Crippen molar-refractivity contribution in [3.8, 4) is 5.75 Å². The quantitative estimate of drug-likeness (QED) is 0.149. The highest BCUT2D eigenvalue weighted by Crippen LogP contribution is 2.26. The fraction of sp³-hybridized carbons (Fsp3) is 0.429. The van der Waals surface area contributed by atoms with Crippen LogP contribution in [0.3, 0.4) is 0 Å². The first-order valence-corrected chi connectivity index (χ1v) is 13.1. The summed E-state index contributed by atoms with van der Waals surface area (Å²) in [7, 11) is 0. The van der Waals surface area contributed by atoms with Crippen molar-refractivity contribution in [3.63, 3.8) is 0 Å². The second-order valence-electron chi connectivity index (χ2n) is 10.5. The molecule has 3 rings (SSSR count). The number of aliphatic hydroxyl groups excluding tert-OH is 1.